The zero-order chi connectivity index (χ0) is 14.0. The van der Waals surface area contributed by atoms with Crippen molar-refractivity contribution in [2.75, 3.05) is 13.7 Å². The van der Waals surface area contributed by atoms with Crippen molar-refractivity contribution in [2.45, 2.75) is 32.9 Å². The zero-order valence-electron chi connectivity index (χ0n) is 11.6. The van der Waals surface area contributed by atoms with Crippen molar-refractivity contribution in [3.05, 3.63) is 35.1 Å². The highest BCUT2D eigenvalue weighted by molar-refractivity contribution is 5.89. The Hall–Kier alpha value is -1.42. The van der Waals surface area contributed by atoms with Crippen LogP contribution in [0.4, 0.5) is 4.39 Å². The van der Waals surface area contributed by atoms with Crippen LogP contribution < -0.4 is 0 Å². The molecule has 0 amide bonds. The van der Waals surface area contributed by atoms with E-state index in [1.807, 2.05) is 0 Å². The minimum atomic E-state index is -0.632. The number of esters is 1. The Morgan fingerprint density at radius 3 is 2.74 bits per heavy atom. The lowest BCUT2D eigenvalue weighted by Gasteiger charge is -2.21. The molecular weight excluding hydrogens is 245 g/mol. The Morgan fingerprint density at radius 1 is 1.47 bits per heavy atom. The van der Waals surface area contributed by atoms with Crippen LogP contribution in [-0.2, 0) is 11.3 Å². The smallest absolute Gasteiger partial charge is 0.340 e. The van der Waals surface area contributed by atoms with Crippen molar-refractivity contribution >= 4 is 5.97 Å². The van der Waals surface area contributed by atoms with E-state index in [1.165, 1.54) is 25.7 Å². The molecule has 1 aliphatic rings. The van der Waals surface area contributed by atoms with E-state index in [0.717, 1.165) is 18.7 Å². The van der Waals surface area contributed by atoms with Gasteiger partial charge in [-0.25, -0.2) is 9.18 Å². The number of benzene rings is 1. The number of ether oxygens (including phenoxy) is 1. The number of rotatable bonds is 3. The summed E-state index contributed by atoms with van der Waals surface area (Å²) in [5.74, 6) is -0.453. The molecule has 2 unspecified atom stereocenters. The molecule has 0 N–H and O–H groups in total. The van der Waals surface area contributed by atoms with E-state index >= 15 is 0 Å². The molecule has 2 rings (SSSR count). The Balaban J connectivity index is 2.10. The highest BCUT2D eigenvalue weighted by Gasteiger charge is 2.26. The average molecular weight is 265 g/mol. The first kappa shape index (κ1) is 14.0. The normalized spacial score (nSPS) is 23.6. The van der Waals surface area contributed by atoms with Gasteiger partial charge in [0.25, 0.3) is 0 Å². The Bertz CT molecular complexity index is 475. The van der Waals surface area contributed by atoms with Gasteiger partial charge in [-0.05, 0) is 37.0 Å². The second-order valence-electron chi connectivity index (χ2n) is 5.43. The molecule has 1 fully saturated rings. The fraction of sp³-hybridized carbons (Fsp3) is 0.533. The van der Waals surface area contributed by atoms with Crippen molar-refractivity contribution in [3.63, 3.8) is 0 Å². The first-order valence-corrected chi connectivity index (χ1v) is 6.62. The fourth-order valence-corrected chi connectivity index (χ4v) is 2.77. The molecule has 3 nitrogen and oxygen atoms in total. The third-order valence-corrected chi connectivity index (χ3v) is 3.74. The van der Waals surface area contributed by atoms with Crippen LogP contribution in [0.1, 0.15) is 36.2 Å². The van der Waals surface area contributed by atoms with Crippen molar-refractivity contribution in [1.82, 2.24) is 4.90 Å². The maximum atomic E-state index is 13.8. The van der Waals surface area contributed by atoms with Gasteiger partial charge >= 0.3 is 5.97 Å². The van der Waals surface area contributed by atoms with Gasteiger partial charge in [-0.2, -0.15) is 0 Å². The molecule has 0 bridgehead atoms. The summed E-state index contributed by atoms with van der Waals surface area (Å²) in [6.07, 6.45) is 1.18. The van der Waals surface area contributed by atoms with Gasteiger partial charge in [0, 0.05) is 19.1 Å². The van der Waals surface area contributed by atoms with E-state index in [-0.39, 0.29) is 5.56 Å². The Kier molecular flexibility index (Phi) is 4.20. The molecule has 1 saturated heterocycles. The molecular formula is C15H20FNO2. The molecule has 0 aromatic heterocycles. The number of carbonyl (C=O) groups is 1. The van der Waals surface area contributed by atoms with Crippen LogP contribution >= 0.6 is 0 Å². The monoisotopic (exact) mass is 265 g/mol. The van der Waals surface area contributed by atoms with Gasteiger partial charge in [-0.15, -0.1) is 0 Å². The lowest BCUT2D eigenvalue weighted by molar-refractivity contribution is 0.0595. The quantitative estimate of drug-likeness (QED) is 0.787. The average Bonchev–Trinajstić information content (AvgIpc) is 2.67. The van der Waals surface area contributed by atoms with Gasteiger partial charge in [-0.1, -0.05) is 13.0 Å². The predicted octanol–water partition coefficient (Wildman–Crippen LogP) is 2.84. The van der Waals surface area contributed by atoms with Crippen LogP contribution in [0.3, 0.4) is 0 Å². The first-order chi connectivity index (χ1) is 9.01. The van der Waals surface area contributed by atoms with Gasteiger partial charge < -0.3 is 4.74 Å². The number of nitrogens with zero attached hydrogens (tertiary/aromatic N) is 1. The summed E-state index contributed by atoms with van der Waals surface area (Å²) in [4.78, 5) is 13.7. The molecule has 0 aliphatic carbocycles. The highest BCUT2D eigenvalue weighted by atomic mass is 19.1. The molecule has 0 spiro atoms. The van der Waals surface area contributed by atoms with Crippen LogP contribution in [0.25, 0.3) is 0 Å². The largest absolute Gasteiger partial charge is 0.465 e. The number of likely N-dealkylation sites (tertiary alicyclic amines) is 1. The van der Waals surface area contributed by atoms with Crippen LogP contribution in [0.15, 0.2) is 18.2 Å². The number of carbonyl (C=O) groups excluding carboxylic acids is 1. The summed E-state index contributed by atoms with van der Waals surface area (Å²) in [7, 11) is 1.25. The SMILES string of the molecule is COC(=O)c1ccc(CN2CC(C)CC2C)cc1F. The van der Waals surface area contributed by atoms with E-state index in [9.17, 15) is 9.18 Å². The van der Waals surface area contributed by atoms with E-state index in [1.54, 1.807) is 6.07 Å². The minimum absolute atomic E-state index is 0.00547. The van der Waals surface area contributed by atoms with Gasteiger partial charge in [0.15, 0.2) is 0 Å². The van der Waals surface area contributed by atoms with Crippen molar-refractivity contribution in [1.29, 1.82) is 0 Å². The molecule has 0 radical (unpaired) electrons. The van der Waals surface area contributed by atoms with Crippen molar-refractivity contribution < 1.29 is 13.9 Å². The molecule has 19 heavy (non-hydrogen) atoms. The summed E-state index contributed by atoms with van der Waals surface area (Å²) in [6.45, 7) is 6.20. The number of methoxy groups -OCH3 is 1. The van der Waals surface area contributed by atoms with E-state index in [0.29, 0.717) is 12.0 Å². The Morgan fingerprint density at radius 2 is 2.21 bits per heavy atom. The van der Waals surface area contributed by atoms with Crippen molar-refractivity contribution in [2.24, 2.45) is 5.92 Å². The van der Waals surface area contributed by atoms with Gasteiger partial charge in [0.1, 0.15) is 5.82 Å². The third-order valence-electron chi connectivity index (χ3n) is 3.74. The second-order valence-corrected chi connectivity index (χ2v) is 5.43. The predicted molar refractivity (Wildman–Crippen MR) is 71.4 cm³/mol. The fourth-order valence-electron chi connectivity index (χ4n) is 2.77. The molecule has 0 saturated carbocycles. The molecule has 4 heteroatoms. The maximum absolute atomic E-state index is 13.8. The van der Waals surface area contributed by atoms with Crippen LogP contribution in [0, 0.1) is 11.7 Å². The summed E-state index contributed by atoms with van der Waals surface area (Å²) in [5.41, 5.74) is 0.889. The molecule has 1 aromatic carbocycles. The minimum Gasteiger partial charge on any atom is -0.465 e. The molecule has 1 aliphatic heterocycles. The van der Waals surface area contributed by atoms with Crippen LogP contribution in [0.2, 0.25) is 0 Å². The zero-order valence-corrected chi connectivity index (χ0v) is 11.6. The summed E-state index contributed by atoms with van der Waals surface area (Å²) >= 11 is 0. The molecule has 1 aromatic rings. The summed E-state index contributed by atoms with van der Waals surface area (Å²) in [6, 6.07) is 5.26. The van der Waals surface area contributed by atoms with Crippen LogP contribution in [-0.4, -0.2) is 30.6 Å². The van der Waals surface area contributed by atoms with E-state index in [2.05, 4.69) is 23.5 Å². The van der Waals surface area contributed by atoms with Gasteiger partial charge in [0.05, 0.1) is 12.7 Å². The number of hydrogen-bond donors (Lipinski definition) is 0. The summed E-state index contributed by atoms with van der Waals surface area (Å²) in [5, 5.41) is 0. The lowest BCUT2D eigenvalue weighted by Crippen LogP contribution is -2.26. The third kappa shape index (κ3) is 3.13. The van der Waals surface area contributed by atoms with E-state index < -0.39 is 11.8 Å². The summed E-state index contributed by atoms with van der Waals surface area (Å²) < 4.78 is 18.3. The topological polar surface area (TPSA) is 29.5 Å². The Labute approximate surface area is 113 Å². The number of hydrogen-bond acceptors (Lipinski definition) is 3. The van der Waals surface area contributed by atoms with Crippen LogP contribution in [0.5, 0.6) is 0 Å². The molecule has 1 heterocycles. The first-order valence-electron chi connectivity index (χ1n) is 6.62. The lowest BCUT2D eigenvalue weighted by atomic mass is 10.1. The van der Waals surface area contributed by atoms with Gasteiger partial charge in [-0.3, -0.25) is 4.90 Å². The van der Waals surface area contributed by atoms with Gasteiger partial charge in [0.2, 0.25) is 0 Å². The maximum Gasteiger partial charge on any atom is 0.340 e. The number of halogens is 1. The molecule has 104 valence electrons. The molecule has 2 atom stereocenters. The second kappa shape index (κ2) is 5.70. The van der Waals surface area contributed by atoms with E-state index in [4.69, 9.17) is 0 Å². The highest BCUT2D eigenvalue weighted by Crippen LogP contribution is 2.24. The van der Waals surface area contributed by atoms with Crippen molar-refractivity contribution in [3.8, 4) is 0 Å². The standard InChI is InChI=1S/C15H20FNO2/c1-10-6-11(2)17(8-10)9-12-4-5-13(14(16)7-12)15(18)19-3/h4-5,7,10-11H,6,8-9H2,1-3H3.